The number of rotatable bonds is 4. The van der Waals surface area contributed by atoms with Gasteiger partial charge >= 0.3 is 0 Å². The molecule has 0 saturated carbocycles. The molecule has 1 aliphatic rings. The normalized spacial score (nSPS) is 15.5. The Morgan fingerprint density at radius 1 is 1.38 bits per heavy atom. The SMILES string of the molecule is CN=C(NCCc1cccc(F)c1)N1CCN(c2cnn(C)c2)C(=O)C1. The Morgan fingerprint density at radius 3 is 2.88 bits per heavy atom. The van der Waals surface area contributed by atoms with Crippen LogP contribution in [-0.2, 0) is 18.3 Å². The van der Waals surface area contributed by atoms with Crippen LogP contribution in [0.3, 0.4) is 0 Å². The van der Waals surface area contributed by atoms with Crippen LogP contribution in [-0.4, -0.2) is 59.8 Å². The third-order valence-electron chi connectivity index (χ3n) is 4.32. The van der Waals surface area contributed by atoms with Gasteiger partial charge in [0.1, 0.15) is 12.4 Å². The number of carbonyl (C=O) groups is 1. The van der Waals surface area contributed by atoms with Gasteiger partial charge in [0, 0.05) is 39.9 Å². The lowest BCUT2D eigenvalue weighted by molar-refractivity contribution is -0.120. The molecule has 0 spiro atoms. The Labute approximate surface area is 152 Å². The van der Waals surface area contributed by atoms with Crippen molar-refractivity contribution < 1.29 is 9.18 Å². The average molecular weight is 358 g/mol. The molecule has 0 radical (unpaired) electrons. The Balaban J connectivity index is 1.54. The first kappa shape index (κ1) is 17.9. The van der Waals surface area contributed by atoms with Crippen LogP contribution in [0.2, 0.25) is 0 Å². The number of benzene rings is 1. The number of amides is 1. The summed E-state index contributed by atoms with van der Waals surface area (Å²) in [5.41, 5.74) is 1.73. The highest BCUT2D eigenvalue weighted by Crippen LogP contribution is 2.16. The van der Waals surface area contributed by atoms with Crippen LogP contribution in [0, 0.1) is 5.82 Å². The summed E-state index contributed by atoms with van der Waals surface area (Å²) in [6, 6.07) is 6.56. The molecule has 2 aromatic rings. The van der Waals surface area contributed by atoms with Gasteiger partial charge in [-0.1, -0.05) is 12.1 Å². The smallest absolute Gasteiger partial charge is 0.246 e. The minimum Gasteiger partial charge on any atom is -0.356 e. The Bertz CT molecular complexity index is 802. The van der Waals surface area contributed by atoms with E-state index in [0.717, 1.165) is 11.3 Å². The molecule has 1 fully saturated rings. The lowest BCUT2D eigenvalue weighted by Gasteiger charge is -2.35. The molecule has 2 heterocycles. The molecule has 1 aromatic heterocycles. The molecule has 1 N–H and O–H groups in total. The topological polar surface area (TPSA) is 65.8 Å². The third kappa shape index (κ3) is 4.19. The van der Waals surface area contributed by atoms with Gasteiger partial charge in [0.25, 0.3) is 0 Å². The van der Waals surface area contributed by atoms with Gasteiger partial charge in [0.15, 0.2) is 5.96 Å². The number of guanidine groups is 1. The number of nitrogens with one attached hydrogen (secondary N) is 1. The number of hydrogen-bond donors (Lipinski definition) is 1. The summed E-state index contributed by atoms with van der Waals surface area (Å²) in [6.45, 7) is 2.14. The Hall–Kier alpha value is -2.90. The number of aromatic nitrogens is 2. The zero-order chi connectivity index (χ0) is 18.5. The molecule has 138 valence electrons. The maximum atomic E-state index is 13.2. The van der Waals surface area contributed by atoms with Crippen LogP contribution in [0.1, 0.15) is 5.56 Å². The number of hydrogen-bond acceptors (Lipinski definition) is 3. The zero-order valence-corrected chi connectivity index (χ0v) is 15.0. The summed E-state index contributed by atoms with van der Waals surface area (Å²) >= 11 is 0. The first-order chi connectivity index (χ1) is 12.6. The second-order valence-corrected chi connectivity index (χ2v) is 6.19. The van der Waals surface area contributed by atoms with Gasteiger partial charge < -0.3 is 15.1 Å². The van der Waals surface area contributed by atoms with E-state index in [1.165, 1.54) is 12.1 Å². The van der Waals surface area contributed by atoms with Crippen molar-refractivity contribution in [2.45, 2.75) is 6.42 Å². The number of halogens is 1. The fraction of sp³-hybridized carbons (Fsp3) is 0.389. The van der Waals surface area contributed by atoms with E-state index in [1.54, 1.807) is 28.9 Å². The summed E-state index contributed by atoms with van der Waals surface area (Å²) in [7, 11) is 3.52. The van der Waals surface area contributed by atoms with Gasteiger partial charge in [-0.05, 0) is 24.1 Å². The molecule has 0 atom stereocenters. The second kappa shape index (κ2) is 7.99. The molecular formula is C18H23FN6O. The monoisotopic (exact) mass is 358 g/mol. The summed E-state index contributed by atoms with van der Waals surface area (Å²) in [5, 5.41) is 7.37. The van der Waals surface area contributed by atoms with Crippen molar-refractivity contribution in [3.8, 4) is 0 Å². The zero-order valence-electron chi connectivity index (χ0n) is 15.0. The van der Waals surface area contributed by atoms with Crippen LogP contribution in [0.25, 0.3) is 0 Å². The maximum absolute atomic E-state index is 13.2. The summed E-state index contributed by atoms with van der Waals surface area (Å²) in [4.78, 5) is 20.4. The van der Waals surface area contributed by atoms with Crippen molar-refractivity contribution in [1.82, 2.24) is 20.0 Å². The highest BCUT2D eigenvalue weighted by atomic mass is 19.1. The quantitative estimate of drug-likeness (QED) is 0.655. The molecule has 1 saturated heterocycles. The lowest BCUT2D eigenvalue weighted by Crippen LogP contribution is -2.55. The minimum atomic E-state index is -0.232. The highest BCUT2D eigenvalue weighted by Gasteiger charge is 2.27. The van der Waals surface area contributed by atoms with Crippen molar-refractivity contribution >= 4 is 17.6 Å². The van der Waals surface area contributed by atoms with Crippen LogP contribution >= 0.6 is 0 Å². The van der Waals surface area contributed by atoms with Crippen LogP contribution in [0.5, 0.6) is 0 Å². The highest BCUT2D eigenvalue weighted by molar-refractivity contribution is 5.98. The number of anilines is 1. The van der Waals surface area contributed by atoms with Crippen molar-refractivity contribution in [1.29, 1.82) is 0 Å². The molecule has 1 amide bonds. The standard InChI is InChI=1S/C18H23FN6O/c1-20-18(21-7-6-14-4-3-5-15(19)10-14)24-8-9-25(17(26)13-24)16-11-22-23(2)12-16/h3-5,10-12H,6-9,13H2,1-2H3,(H,20,21). The van der Waals surface area contributed by atoms with E-state index >= 15 is 0 Å². The largest absolute Gasteiger partial charge is 0.356 e. The lowest BCUT2D eigenvalue weighted by atomic mass is 10.1. The van der Waals surface area contributed by atoms with Crippen molar-refractivity contribution in [2.24, 2.45) is 12.0 Å². The number of carbonyl (C=O) groups excluding carboxylic acids is 1. The molecule has 8 heteroatoms. The summed E-state index contributed by atoms with van der Waals surface area (Å²) in [6.07, 6.45) is 4.21. The van der Waals surface area contributed by atoms with Crippen LogP contribution < -0.4 is 10.2 Å². The third-order valence-corrected chi connectivity index (χ3v) is 4.32. The fourth-order valence-corrected chi connectivity index (χ4v) is 3.02. The van der Waals surface area contributed by atoms with E-state index in [9.17, 15) is 9.18 Å². The fourth-order valence-electron chi connectivity index (χ4n) is 3.02. The average Bonchev–Trinajstić information content (AvgIpc) is 3.05. The predicted octanol–water partition coefficient (Wildman–Crippen LogP) is 1.03. The van der Waals surface area contributed by atoms with Gasteiger partial charge in [0.2, 0.25) is 5.91 Å². The maximum Gasteiger partial charge on any atom is 0.246 e. The molecule has 1 aliphatic heterocycles. The van der Waals surface area contributed by atoms with Crippen molar-refractivity contribution in [3.05, 3.63) is 48.0 Å². The molecule has 0 aliphatic carbocycles. The number of aliphatic imine (C=N–C) groups is 1. The van der Waals surface area contributed by atoms with Gasteiger partial charge in [-0.15, -0.1) is 0 Å². The van der Waals surface area contributed by atoms with Crippen molar-refractivity contribution in [3.63, 3.8) is 0 Å². The van der Waals surface area contributed by atoms with E-state index in [1.807, 2.05) is 24.2 Å². The van der Waals surface area contributed by atoms with E-state index < -0.39 is 0 Å². The molecular weight excluding hydrogens is 335 g/mol. The van der Waals surface area contributed by atoms with Crippen LogP contribution in [0.15, 0.2) is 41.7 Å². The summed E-state index contributed by atoms with van der Waals surface area (Å²) < 4.78 is 14.9. The van der Waals surface area contributed by atoms with Crippen molar-refractivity contribution in [2.75, 3.05) is 38.1 Å². The molecule has 0 bridgehead atoms. The van der Waals surface area contributed by atoms with E-state index in [-0.39, 0.29) is 18.3 Å². The van der Waals surface area contributed by atoms with Gasteiger partial charge in [-0.25, -0.2) is 4.39 Å². The minimum absolute atomic E-state index is 0.0114. The first-order valence-electron chi connectivity index (χ1n) is 8.56. The Morgan fingerprint density at radius 2 is 2.23 bits per heavy atom. The van der Waals surface area contributed by atoms with E-state index in [2.05, 4.69) is 15.4 Å². The van der Waals surface area contributed by atoms with Crippen LogP contribution in [0.4, 0.5) is 10.1 Å². The van der Waals surface area contributed by atoms with Gasteiger partial charge in [-0.3, -0.25) is 14.5 Å². The molecule has 3 rings (SSSR count). The molecule has 7 nitrogen and oxygen atoms in total. The Kier molecular flexibility index (Phi) is 5.50. The van der Waals surface area contributed by atoms with Gasteiger partial charge in [0.05, 0.1) is 11.9 Å². The predicted molar refractivity (Wildman–Crippen MR) is 98.6 cm³/mol. The van der Waals surface area contributed by atoms with E-state index in [0.29, 0.717) is 32.0 Å². The molecule has 1 aromatic carbocycles. The second-order valence-electron chi connectivity index (χ2n) is 6.19. The van der Waals surface area contributed by atoms with Gasteiger partial charge in [-0.2, -0.15) is 5.10 Å². The number of piperazine rings is 1. The van der Waals surface area contributed by atoms with E-state index in [4.69, 9.17) is 0 Å². The summed E-state index contributed by atoms with van der Waals surface area (Å²) in [5.74, 6) is 0.460. The number of aryl methyl sites for hydroxylation is 1. The first-order valence-corrected chi connectivity index (χ1v) is 8.56. The number of nitrogens with zero attached hydrogens (tertiary/aromatic N) is 5. The molecule has 0 unspecified atom stereocenters. The molecule has 26 heavy (non-hydrogen) atoms.